The summed E-state index contributed by atoms with van der Waals surface area (Å²) in [4.78, 5) is 16.9. The van der Waals surface area contributed by atoms with Crippen molar-refractivity contribution in [2.24, 2.45) is 5.92 Å². The first-order valence-corrected chi connectivity index (χ1v) is 11.5. The van der Waals surface area contributed by atoms with E-state index in [4.69, 9.17) is 4.98 Å². The van der Waals surface area contributed by atoms with Gasteiger partial charge in [0, 0.05) is 24.2 Å². The molecule has 4 aromatic heterocycles. The largest absolute Gasteiger partial charge is 0.345 e. The fraction of sp³-hybridized carbons (Fsp3) is 0.500. The smallest absolute Gasteiger partial charge is 0.158 e. The van der Waals surface area contributed by atoms with Crippen molar-refractivity contribution < 1.29 is 0 Å². The SMILES string of the molecule is Cc1c(-c2cc3nc(C4CCN(CC5CC5)CC4)sc3[nH]2)cn2ncnc2c1C. The van der Waals surface area contributed by atoms with E-state index in [9.17, 15) is 0 Å². The number of hydrogen-bond donors (Lipinski definition) is 1. The maximum Gasteiger partial charge on any atom is 0.158 e. The third kappa shape index (κ3) is 3.07. The first kappa shape index (κ1) is 17.6. The molecule has 6 rings (SSSR count). The van der Waals surface area contributed by atoms with E-state index < -0.39 is 0 Å². The van der Waals surface area contributed by atoms with Gasteiger partial charge in [-0.3, -0.25) is 0 Å². The number of pyridine rings is 1. The number of hydrogen-bond acceptors (Lipinski definition) is 5. The van der Waals surface area contributed by atoms with Gasteiger partial charge in [0.2, 0.25) is 0 Å². The fourth-order valence-electron chi connectivity index (χ4n) is 4.65. The number of aryl methyl sites for hydroxylation is 1. The third-order valence-corrected chi connectivity index (χ3v) is 7.91. The van der Waals surface area contributed by atoms with Crippen molar-refractivity contribution in [3.8, 4) is 11.3 Å². The maximum absolute atomic E-state index is 5.02. The Bertz CT molecular complexity index is 1160. The first-order valence-electron chi connectivity index (χ1n) is 10.7. The van der Waals surface area contributed by atoms with E-state index in [1.807, 2.05) is 15.9 Å². The van der Waals surface area contributed by atoms with Crippen LogP contribution in [0.3, 0.4) is 0 Å². The van der Waals surface area contributed by atoms with Crippen LogP contribution in [0.1, 0.15) is 47.7 Å². The van der Waals surface area contributed by atoms with Crippen molar-refractivity contribution in [1.82, 2.24) is 29.5 Å². The summed E-state index contributed by atoms with van der Waals surface area (Å²) in [5.74, 6) is 1.61. The zero-order valence-corrected chi connectivity index (χ0v) is 17.8. The second kappa shape index (κ2) is 6.64. The molecular weight excluding hydrogens is 380 g/mol. The van der Waals surface area contributed by atoms with Gasteiger partial charge in [0.05, 0.1) is 10.7 Å². The van der Waals surface area contributed by atoms with Crippen LogP contribution in [0.5, 0.6) is 0 Å². The van der Waals surface area contributed by atoms with Gasteiger partial charge in [-0.25, -0.2) is 14.5 Å². The van der Waals surface area contributed by atoms with Crippen LogP contribution >= 0.6 is 11.3 Å². The Morgan fingerprint density at radius 3 is 2.72 bits per heavy atom. The Hall–Kier alpha value is -2.25. The number of nitrogens with one attached hydrogen (secondary N) is 1. The lowest BCUT2D eigenvalue weighted by atomic mass is 9.97. The van der Waals surface area contributed by atoms with Crippen molar-refractivity contribution in [2.75, 3.05) is 19.6 Å². The molecule has 150 valence electrons. The maximum atomic E-state index is 5.02. The minimum Gasteiger partial charge on any atom is -0.345 e. The molecule has 1 aliphatic heterocycles. The highest BCUT2D eigenvalue weighted by atomic mass is 32.1. The monoisotopic (exact) mass is 406 g/mol. The molecule has 2 fully saturated rings. The van der Waals surface area contributed by atoms with Gasteiger partial charge in [-0.1, -0.05) is 0 Å². The zero-order chi connectivity index (χ0) is 19.5. The van der Waals surface area contributed by atoms with Crippen LogP contribution in [-0.4, -0.2) is 49.1 Å². The van der Waals surface area contributed by atoms with Crippen LogP contribution < -0.4 is 0 Å². The molecule has 6 nitrogen and oxygen atoms in total. The van der Waals surface area contributed by atoms with Crippen LogP contribution in [0, 0.1) is 19.8 Å². The summed E-state index contributed by atoms with van der Waals surface area (Å²) in [5, 5.41) is 5.63. The second-order valence-electron chi connectivity index (χ2n) is 8.79. The molecule has 0 atom stereocenters. The number of aromatic nitrogens is 5. The standard InChI is InChI=1S/C22H26N6S/c1-13-14(2)20-23-12-24-28(20)11-17(13)18-9-19-22(25-18)29-21(26-19)16-5-7-27(8-6-16)10-15-3-4-15/h9,11-12,15-16,25H,3-8,10H2,1-2H3. The predicted octanol–water partition coefficient (Wildman–Crippen LogP) is 4.54. The summed E-state index contributed by atoms with van der Waals surface area (Å²) >= 11 is 1.84. The lowest BCUT2D eigenvalue weighted by molar-refractivity contribution is 0.204. The molecule has 1 saturated carbocycles. The topological polar surface area (TPSA) is 62.1 Å². The first-order chi connectivity index (χ1) is 14.2. The van der Waals surface area contributed by atoms with E-state index in [0.717, 1.165) is 22.8 Å². The Kier molecular flexibility index (Phi) is 4.03. The molecule has 0 spiro atoms. The van der Waals surface area contributed by atoms with E-state index in [0.29, 0.717) is 5.92 Å². The number of H-pyrrole nitrogens is 1. The molecule has 5 heterocycles. The van der Waals surface area contributed by atoms with Gasteiger partial charge in [-0.15, -0.1) is 11.3 Å². The fourth-order valence-corrected chi connectivity index (χ4v) is 5.78. The Morgan fingerprint density at radius 2 is 1.97 bits per heavy atom. The van der Waals surface area contributed by atoms with Gasteiger partial charge < -0.3 is 9.88 Å². The molecule has 4 aromatic rings. The molecule has 0 radical (unpaired) electrons. The molecule has 2 aliphatic rings. The normalized spacial score (nSPS) is 19.0. The summed E-state index contributed by atoms with van der Waals surface area (Å²) in [6, 6.07) is 2.20. The van der Waals surface area contributed by atoms with Crippen molar-refractivity contribution in [1.29, 1.82) is 0 Å². The van der Waals surface area contributed by atoms with Crippen LogP contribution in [0.2, 0.25) is 0 Å². The number of fused-ring (bicyclic) bond motifs is 2. The average molecular weight is 407 g/mol. The molecule has 29 heavy (non-hydrogen) atoms. The highest BCUT2D eigenvalue weighted by molar-refractivity contribution is 7.18. The summed E-state index contributed by atoms with van der Waals surface area (Å²) < 4.78 is 1.86. The number of thiazole rings is 1. The van der Waals surface area contributed by atoms with Gasteiger partial charge in [-0.2, -0.15) is 5.10 Å². The lowest BCUT2D eigenvalue weighted by Gasteiger charge is -2.30. The molecule has 1 N–H and O–H groups in total. The summed E-state index contributed by atoms with van der Waals surface area (Å²) in [7, 11) is 0. The molecule has 1 saturated heterocycles. The highest BCUT2D eigenvalue weighted by Crippen LogP contribution is 2.37. The van der Waals surface area contributed by atoms with Gasteiger partial charge in [-0.05, 0) is 75.7 Å². The minimum atomic E-state index is 0.621. The van der Waals surface area contributed by atoms with Crippen LogP contribution in [-0.2, 0) is 0 Å². The number of likely N-dealkylation sites (tertiary alicyclic amines) is 1. The van der Waals surface area contributed by atoms with Crippen molar-refractivity contribution >= 4 is 27.3 Å². The predicted molar refractivity (Wildman–Crippen MR) is 117 cm³/mol. The van der Waals surface area contributed by atoms with Crippen LogP contribution in [0.25, 0.3) is 27.3 Å². The molecule has 7 heteroatoms. The molecular formula is C22H26N6S. The van der Waals surface area contributed by atoms with E-state index >= 15 is 0 Å². The summed E-state index contributed by atoms with van der Waals surface area (Å²) in [6.07, 6.45) is 9.07. The van der Waals surface area contributed by atoms with Crippen LogP contribution in [0.15, 0.2) is 18.6 Å². The lowest BCUT2D eigenvalue weighted by Crippen LogP contribution is -2.34. The quantitative estimate of drug-likeness (QED) is 0.540. The minimum absolute atomic E-state index is 0.621. The second-order valence-corrected chi connectivity index (χ2v) is 9.82. The summed E-state index contributed by atoms with van der Waals surface area (Å²) in [5.41, 5.74) is 6.71. The summed E-state index contributed by atoms with van der Waals surface area (Å²) in [6.45, 7) is 8.05. The van der Waals surface area contributed by atoms with Crippen LogP contribution in [0.4, 0.5) is 0 Å². The van der Waals surface area contributed by atoms with E-state index in [-0.39, 0.29) is 0 Å². The van der Waals surface area contributed by atoms with Gasteiger partial charge >= 0.3 is 0 Å². The van der Waals surface area contributed by atoms with Gasteiger partial charge in [0.1, 0.15) is 16.7 Å². The Morgan fingerprint density at radius 1 is 1.14 bits per heavy atom. The van der Waals surface area contributed by atoms with Gasteiger partial charge in [0.25, 0.3) is 0 Å². The molecule has 0 bridgehead atoms. The number of aromatic amines is 1. The van der Waals surface area contributed by atoms with E-state index in [2.05, 4.69) is 46.1 Å². The number of piperidine rings is 1. The van der Waals surface area contributed by atoms with Crippen molar-refractivity contribution in [3.63, 3.8) is 0 Å². The Labute approximate surface area is 174 Å². The molecule has 1 aliphatic carbocycles. The van der Waals surface area contributed by atoms with Gasteiger partial charge in [0.15, 0.2) is 5.65 Å². The zero-order valence-electron chi connectivity index (χ0n) is 17.0. The molecule has 0 amide bonds. The van der Waals surface area contributed by atoms with Crippen molar-refractivity contribution in [2.45, 2.75) is 45.4 Å². The average Bonchev–Trinajstić information content (AvgIpc) is 3.11. The van der Waals surface area contributed by atoms with E-state index in [1.165, 1.54) is 71.8 Å². The van der Waals surface area contributed by atoms with E-state index in [1.54, 1.807) is 6.33 Å². The third-order valence-electron chi connectivity index (χ3n) is 6.77. The van der Waals surface area contributed by atoms with Crippen molar-refractivity contribution in [3.05, 3.63) is 34.7 Å². The number of nitrogens with zero attached hydrogens (tertiary/aromatic N) is 5. The molecule has 0 unspecified atom stereocenters. The Balaban J connectivity index is 1.26. The highest BCUT2D eigenvalue weighted by Gasteiger charge is 2.28. The number of rotatable bonds is 4. The molecule has 0 aromatic carbocycles.